The van der Waals surface area contributed by atoms with Gasteiger partial charge in [0.25, 0.3) is 0 Å². The molecule has 1 aromatic carbocycles. The maximum absolute atomic E-state index is 5.92. The summed E-state index contributed by atoms with van der Waals surface area (Å²) >= 11 is 0. The standard InChI is InChI=1S/C19H32N4O2/c1-14(23(4)16-9-10-16)12-21-19(20-3)22-13-15(2)25-18-8-6-7-17(11-18)24-5/h6-8,11,14-16H,9-10,12-13H2,1-5H3,(H2,20,21,22). The van der Waals surface area contributed by atoms with E-state index < -0.39 is 0 Å². The minimum atomic E-state index is 0.0113. The summed E-state index contributed by atoms with van der Waals surface area (Å²) in [6.45, 7) is 5.82. The van der Waals surface area contributed by atoms with E-state index in [0.717, 1.165) is 30.0 Å². The van der Waals surface area contributed by atoms with E-state index in [2.05, 4.69) is 34.5 Å². The first kappa shape index (κ1) is 19.4. The summed E-state index contributed by atoms with van der Waals surface area (Å²) in [6.07, 6.45) is 2.66. The number of hydrogen-bond acceptors (Lipinski definition) is 4. The van der Waals surface area contributed by atoms with Crippen molar-refractivity contribution in [2.24, 2.45) is 4.99 Å². The lowest BCUT2D eigenvalue weighted by atomic mass is 10.3. The zero-order valence-corrected chi connectivity index (χ0v) is 16.1. The second-order valence-corrected chi connectivity index (χ2v) is 6.69. The molecule has 6 nitrogen and oxygen atoms in total. The first-order valence-electron chi connectivity index (χ1n) is 9.00. The highest BCUT2D eigenvalue weighted by molar-refractivity contribution is 5.79. The summed E-state index contributed by atoms with van der Waals surface area (Å²) in [4.78, 5) is 6.73. The molecule has 1 aliphatic carbocycles. The molecule has 2 N–H and O–H groups in total. The fraction of sp³-hybridized carbons (Fsp3) is 0.632. The maximum Gasteiger partial charge on any atom is 0.191 e. The SMILES string of the molecule is CN=C(NCC(C)Oc1cccc(OC)c1)NCC(C)N(C)C1CC1. The van der Waals surface area contributed by atoms with Crippen molar-refractivity contribution in [3.05, 3.63) is 24.3 Å². The van der Waals surface area contributed by atoms with Gasteiger partial charge >= 0.3 is 0 Å². The van der Waals surface area contributed by atoms with Crippen LogP contribution in [0.4, 0.5) is 0 Å². The van der Waals surface area contributed by atoms with Crippen LogP contribution in [0.15, 0.2) is 29.3 Å². The van der Waals surface area contributed by atoms with E-state index in [1.807, 2.05) is 31.2 Å². The average Bonchev–Trinajstić information content (AvgIpc) is 3.46. The molecule has 2 rings (SSSR count). The molecular weight excluding hydrogens is 316 g/mol. The Morgan fingerprint density at radius 3 is 2.56 bits per heavy atom. The molecule has 0 saturated heterocycles. The van der Waals surface area contributed by atoms with Gasteiger partial charge in [-0.3, -0.25) is 9.89 Å². The lowest BCUT2D eigenvalue weighted by Gasteiger charge is -2.25. The van der Waals surface area contributed by atoms with E-state index in [0.29, 0.717) is 12.6 Å². The van der Waals surface area contributed by atoms with Crippen LogP contribution in [0.5, 0.6) is 11.5 Å². The van der Waals surface area contributed by atoms with Crippen LogP contribution in [0.1, 0.15) is 26.7 Å². The zero-order chi connectivity index (χ0) is 18.2. The molecule has 2 unspecified atom stereocenters. The first-order chi connectivity index (χ1) is 12.0. The smallest absolute Gasteiger partial charge is 0.191 e. The van der Waals surface area contributed by atoms with Crippen LogP contribution in [0.25, 0.3) is 0 Å². The average molecular weight is 348 g/mol. The predicted molar refractivity (Wildman–Crippen MR) is 103 cm³/mol. The number of likely N-dealkylation sites (N-methyl/N-ethyl adjacent to an activating group) is 1. The highest BCUT2D eigenvalue weighted by atomic mass is 16.5. The van der Waals surface area contributed by atoms with Gasteiger partial charge in [-0.25, -0.2) is 0 Å². The Kier molecular flexibility index (Phi) is 7.37. The first-order valence-corrected chi connectivity index (χ1v) is 9.00. The molecule has 0 amide bonds. The predicted octanol–water partition coefficient (Wildman–Crippen LogP) is 2.11. The monoisotopic (exact) mass is 348 g/mol. The van der Waals surface area contributed by atoms with Gasteiger partial charge in [0.05, 0.1) is 13.7 Å². The molecular formula is C19H32N4O2. The molecule has 0 aromatic heterocycles. The maximum atomic E-state index is 5.92. The summed E-state index contributed by atoms with van der Waals surface area (Å²) in [5.41, 5.74) is 0. The highest BCUT2D eigenvalue weighted by Crippen LogP contribution is 2.26. The summed E-state index contributed by atoms with van der Waals surface area (Å²) in [5, 5.41) is 6.71. The van der Waals surface area contributed by atoms with Crippen LogP contribution in [-0.2, 0) is 0 Å². The van der Waals surface area contributed by atoms with Gasteiger partial charge in [-0.15, -0.1) is 0 Å². The fourth-order valence-electron chi connectivity index (χ4n) is 2.64. The van der Waals surface area contributed by atoms with Crippen LogP contribution in [0.2, 0.25) is 0 Å². The lowest BCUT2D eigenvalue weighted by molar-refractivity contribution is 0.222. The van der Waals surface area contributed by atoms with Crippen molar-refractivity contribution < 1.29 is 9.47 Å². The van der Waals surface area contributed by atoms with Crippen molar-refractivity contribution in [2.75, 3.05) is 34.3 Å². The van der Waals surface area contributed by atoms with Crippen molar-refractivity contribution in [1.29, 1.82) is 0 Å². The molecule has 1 saturated carbocycles. The number of aliphatic imine (C=N–C) groups is 1. The van der Waals surface area contributed by atoms with Crippen molar-refractivity contribution in [3.8, 4) is 11.5 Å². The van der Waals surface area contributed by atoms with Gasteiger partial charge in [0.15, 0.2) is 5.96 Å². The molecule has 0 bridgehead atoms. The van der Waals surface area contributed by atoms with E-state index in [9.17, 15) is 0 Å². The Morgan fingerprint density at radius 2 is 1.92 bits per heavy atom. The van der Waals surface area contributed by atoms with E-state index in [4.69, 9.17) is 9.47 Å². The molecule has 0 aliphatic heterocycles. The number of benzene rings is 1. The van der Waals surface area contributed by atoms with Crippen LogP contribution < -0.4 is 20.1 Å². The van der Waals surface area contributed by atoms with Crippen molar-refractivity contribution in [2.45, 2.75) is 44.9 Å². The second kappa shape index (κ2) is 9.51. The Balaban J connectivity index is 1.71. The highest BCUT2D eigenvalue weighted by Gasteiger charge is 2.28. The van der Waals surface area contributed by atoms with E-state index >= 15 is 0 Å². The van der Waals surface area contributed by atoms with Gasteiger partial charge in [0.1, 0.15) is 17.6 Å². The number of nitrogens with one attached hydrogen (secondary N) is 2. The Hall–Kier alpha value is -1.95. The van der Waals surface area contributed by atoms with Crippen LogP contribution >= 0.6 is 0 Å². The van der Waals surface area contributed by atoms with Crippen molar-refractivity contribution in [1.82, 2.24) is 15.5 Å². The van der Waals surface area contributed by atoms with Gasteiger partial charge in [0, 0.05) is 31.7 Å². The quantitative estimate of drug-likeness (QED) is 0.529. The third kappa shape index (κ3) is 6.46. The van der Waals surface area contributed by atoms with Crippen molar-refractivity contribution in [3.63, 3.8) is 0 Å². The van der Waals surface area contributed by atoms with Gasteiger partial charge < -0.3 is 20.1 Å². The summed E-state index contributed by atoms with van der Waals surface area (Å²) in [7, 11) is 5.64. The molecule has 0 radical (unpaired) electrons. The minimum absolute atomic E-state index is 0.0113. The molecule has 1 fully saturated rings. The third-order valence-electron chi connectivity index (χ3n) is 4.54. The normalized spacial score (nSPS) is 17.1. The van der Waals surface area contributed by atoms with Gasteiger partial charge in [-0.05, 0) is 45.9 Å². The molecule has 140 valence electrons. The number of guanidine groups is 1. The van der Waals surface area contributed by atoms with Crippen LogP contribution in [0, 0.1) is 0 Å². The summed E-state index contributed by atoms with van der Waals surface area (Å²) in [5.74, 6) is 2.40. The number of methoxy groups -OCH3 is 1. The molecule has 25 heavy (non-hydrogen) atoms. The minimum Gasteiger partial charge on any atom is -0.497 e. The Labute approximate surface area is 151 Å². The van der Waals surface area contributed by atoms with Gasteiger partial charge in [-0.1, -0.05) is 6.07 Å². The van der Waals surface area contributed by atoms with Crippen LogP contribution in [0.3, 0.4) is 0 Å². The Bertz CT molecular complexity index is 560. The number of nitrogens with zero attached hydrogens (tertiary/aromatic N) is 2. The number of ether oxygens (including phenoxy) is 2. The molecule has 1 aliphatic rings. The molecule has 0 spiro atoms. The van der Waals surface area contributed by atoms with E-state index in [1.165, 1.54) is 12.8 Å². The number of rotatable bonds is 9. The van der Waals surface area contributed by atoms with Gasteiger partial charge in [-0.2, -0.15) is 0 Å². The molecule has 1 aromatic rings. The Morgan fingerprint density at radius 1 is 1.24 bits per heavy atom. The summed E-state index contributed by atoms with van der Waals surface area (Å²) < 4.78 is 11.1. The van der Waals surface area contributed by atoms with Crippen LogP contribution in [-0.4, -0.2) is 63.3 Å². The second-order valence-electron chi connectivity index (χ2n) is 6.69. The molecule has 2 atom stereocenters. The lowest BCUT2D eigenvalue weighted by Crippen LogP contribution is -2.47. The zero-order valence-electron chi connectivity index (χ0n) is 16.1. The van der Waals surface area contributed by atoms with Gasteiger partial charge in [0.2, 0.25) is 0 Å². The number of hydrogen-bond donors (Lipinski definition) is 2. The third-order valence-corrected chi connectivity index (χ3v) is 4.54. The van der Waals surface area contributed by atoms with E-state index in [-0.39, 0.29) is 6.10 Å². The summed E-state index contributed by atoms with van der Waals surface area (Å²) in [6, 6.07) is 8.90. The topological polar surface area (TPSA) is 58.1 Å². The fourth-order valence-corrected chi connectivity index (χ4v) is 2.64. The molecule has 6 heteroatoms. The largest absolute Gasteiger partial charge is 0.497 e. The van der Waals surface area contributed by atoms with Crippen molar-refractivity contribution >= 4 is 5.96 Å². The molecule has 0 heterocycles. The van der Waals surface area contributed by atoms with E-state index in [1.54, 1.807) is 14.2 Å².